The van der Waals surface area contributed by atoms with Crippen molar-refractivity contribution < 1.29 is 9.50 Å². The maximum atomic E-state index is 14.5. The molecule has 0 spiro atoms. The highest BCUT2D eigenvalue weighted by Crippen LogP contribution is 2.45. The Morgan fingerprint density at radius 3 is 2.71 bits per heavy atom. The van der Waals surface area contributed by atoms with Crippen molar-refractivity contribution >= 4 is 27.5 Å². The highest BCUT2D eigenvalue weighted by molar-refractivity contribution is 9.10. The standard InChI is InChI=1S/C16H22BrClFNO/c1-10-5-4-8-16(9-10,20(2)3)15(21)11-6-7-12(17)13(18)14(11)19/h6-7,10,15,21H,4-5,8-9H2,1-3H3. The van der Waals surface area contributed by atoms with Gasteiger partial charge in [0.05, 0.1) is 10.6 Å². The van der Waals surface area contributed by atoms with E-state index in [9.17, 15) is 9.50 Å². The maximum Gasteiger partial charge on any atom is 0.148 e. The minimum atomic E-state index is -0.888. The number of nitrogens with zero attached hydrogens (tertiary/aromatic N) is 1. The van der Waals surface area contributed by atoms with E-state index in [-0.39, 0.29) is 10.6 Å². The fourth-order valence-electron chi connectivity index (χ4n) is 3.50. The first-order valence-corrected chi connectivity index (χ1v) is 8.45. The maximum absolute atomic E-state index is 14.5. The zero-order valence-electron chi connectivity index (χ0n) is 12.7. The molecule has 1 aliphatic carbocycles. The fraction of sp³-hybridized carbons (Fsp3) is 0.625. The average molecular weight is 379 g/mol. The van der Waals surface area contributed by atoms with Crippen molar-refractivity contribution in [1.82, 2.24) is 4.90 Å². The first-order chi connectivity index (χ1) is 9.79. The summed E-state index contributed by atoms with van der Waals surface area (Å²) < 4.78 is 15.0. The molecular weight excluding hydrogens is 357 g/mol. The fourth-order valence-corrected chi connectivity index (χ4v) is 3.98. The zero-order valence-corrected chi connectivity index (χ0v) is 15.0. The SMILES string of the molecule is CC1CCCC(C(O)c2ccc(Br)c(Cl)c2F)(N(C)C)C1. The Balaban J connectivity index is 2.44. The molecule has 0 aromatic heterocycles. The minimum absolute atomic E-state index is 0.0318. The first kappa shape index (κ1) is 17.2. The highest BCUT2D eigenvalue weighted by atomic mass is 79.9. The monoisotopic (exact) mass is 377 g/mol. The van der Waals surface area contributed by atoms with E-state index in [0.717, 1.165) is 25.7 Å². The van der Waals surface area contributed by atoms with E-state index in [1.54, 1.807) is 12.1 Å². The number of likely N-dealkylation sites (N-methyl/N-ethyl adjacent to an activating group) is 1. The van der Waals surface area contributed by atoms with Gasteiger partial charge in [-0.1, -0.05) is 37.4 Å². The van der Waals surface area contributed by atoms with Crippen LogP contribution < -0.4 is 0 Å². The molecule has 21 heavy (non-hydrogen) atoms. The third kappa shape index (κ3) is 3.14. The van der Waals surface area contributed by atoms with Gasteiger partial charge in [-0.05, 0) is 54.9 Å². The van der Waals surface area contributed by atoms with Crippen LogP contribution in [0, 0.1) is 11.7 Å². The molecule has 0 heterocycles. The van der Waals surface area contributed by atoms with Gasteiger partial charge in [0, 0.05) is 10.0 Å². The summed E-state index contributed by atoms with van der Waals surface area (Å²) >= 11 is 9.19. The Morgan fingerprint density at radius 2 is 2.14 bits per heavy atom. The second-order valence-electron chi connectivity index (χ2n) is 6.37. The molecule has 0 radical (unpaired) electrons. The molecule has 0 amide bonds. The van der Waals surface area contributed by atoms with Crippen molar-refractivity contribution in [3.63, 3.8) is 0 Å². The molecule has 1 fully saturated rings. The smallest absolute Gasteiger partial charge is 0.148 e. The lowest BCUT2D eigenvalue weighted by Gasteiger charge is -2.48. The third-order valence-corrected chi connectivity index (χ3v) is 6.03. The van der Waals surface area contributed by atoms with Crippen LogP contribution in [-0.2, 0) is 0 Å². The molecule has 2 rings (SSSR count). The highest BCUT2D eigenvalue weighted by Gasteiger charge is 2.44. The molecule has 2 nitrogen and oxygen atoms in total. The number of benzene rings is 1. The van der Waals surface area contributed by atoms with Gasteiger partial charge in [-0.3, -0.25) is 0 Å². The summed E-state index contributed by atoms with van der Waals surface area (Å²) in [7, 11) is 3.92. The Labute approximate surface area is 139 Å². The van der Waals surface area contributed by atoms with E-state index in [1.165, 1.54) is 0 Å². The molecule has 1 aromatic carbocycles. The summed E-state index contributed by atoms with van der Waals surface area (Å²) in [5.41, 5.74) is -0.152. The lowest BCUT2D eigenvalue weighted by atomic mass is 9.70. The van der Waals surface area contributed by atoms with Crippen LogP contribution in [0.4, 0.5) is 4.39 Å². The number of hydrogen-bond donors (Lipinski definition) is 1. The molecule has 5 heteroatoms. The third-order valence-electron chi connectivity index (χ3n) is 4.77. The van der Waals surface area contributed by atoms with E-state index < -0.39 is 17.5 Å². The van der Waals surface area contributed by atoms with Gasteiger partial charge >= 0.3 is 0 Å². The van der Waals surface area contributed by atoms with Crippen molar-refractivity contribution in [2.24, 2.45) is 5.92 Å². The summed E-state index contributed by atoms with van der Waals surface area (Å²) in [4.78, 5) is 2.04. The largest absolute Gasteiger partial charge is 0.386 e. The van der Waals surface area contributed by atoms with Crippen LogP contribution in [0.1, 0.15) is 44.3 Å². The van der Waals surface area contributed by atoms with Crippen molar-refractivity contribution in [1.29, 1.82) is 0 Å². The van der Waals surface area contributed by atoms with E-state index in [4.69, 9.17) is 11.6 Å². The number of aliphatic hydroxyl groups excluding tert-OH is 1. The molecular formula is C16H22BrClFNO. The van der Waals surface area contributed by atoms with Gasteiger partial charge in [0.1, 0.15) is 11.9 Å². The molecule has 1 aliphatic rings. The quantitative estimate of drug-likeness (QED) is 0.765. The molecule has 3 unspecified atom stereocenters. The van der Waals surface area contributed by atoms with Crippen LogP contribution in [0.5, 0.6) is 0 Å². The molecule has 118 valence electrons. The number of halogens is 3. The second-order valence-corrected chi connectivity index (χ2v) is 7.60. The summed E-state index contributed by atoms with van der Waals surface area (Å²) in [6.07, 6.45) is 3.03. The average Bonchev–Trinajstić information content (AvgIpc) is 2.44. The number of rotatable bonds is 3. The van der Waals surface area contributed by atoms with Gasteiger partial charge in [-0.25, -0.2) is 4.39 Å². The Morgan fingerprint density at radius 1 is 1.48 bits per heavy atom. The Hall–Kier alpha value is -0.160. The summed E-state index contributed by atoms with van der Waals surface area (Å²) in [6, 6.07) is 3.32. The molecule has 0 bridgehead atoms. The Bertz CT molecular complexity index is 525. The van der Waals surface area contributed by atoms with Gasteiger partial charge in [0.25, 0.3) is 0 Å². The normalized spacial score (nSPS) is 27.9. The van der Waals surface area contributed by atoms with Gasteiger partial charge in [0.2, 0.25) is 0 Å². The van der Waals surface area contributed by atoms with E-state index in [2.05, 4.69) is 22.9 Å². The topological polar surface area (TPSA) is 23.5 Å². The van der Waals surface area contributed by atoms with Crippen LogP contribution in [-0.4, -0.2) is 29.6 Å². The molecule has 3 atom stereocenters. The predicted octanol–water partition coefficient (Wildman–Crippen LogP) is 4.79. The van der Waals surface area contributed by atoms with Crippen LogP contribution in [0.3, 0.4) is 0 Å². The van der Waals surface area contributed by atoms with Crippen molar-refractivity contribution in [3.8, 4) is 0 Å². The molecule has 0 saturated heterocycles. The second kappa shape index (κ2) is 6.53. The van der Waals surface area contributed by atoms with Crippen molar-refractivity contribution in [3.05, 3.63) is 33.0 Å². The van der Waals surface area contributed by atoms with Crippen LogP contribution in [0.2, 0.25) is 5.02 Å². The van der Waals surface area contributed by atoms with Gasteiger partial charge in [-0.15, -0.1) is 0 Å². The zero-order chi connectivity index (χ0) is 15.8. The van der Waals surface area contributed by atoms with E-state index >= 15 is 0 Å². The molecule has 0 aliphatic heterocycles. The minimum Gasteiger partial charge on any atom is -0.386 e. The van der Waals surface area contributed by atoms with Gasteiger partial charge < -0.3 is 10.0 Å². The van der Waals surface area contributed by atoms with Crippen molar-refractivity contribution in [2.75, 3.05) is 14.1 Å². The van der Waals surface area contributed by atoms with Crippen LogP contribution in [0.15, 0.2) is 16.6 Å². The van der Waals surface area contributed by atoms with Crippen LogP contribution in [0.25, 0.3) is 0 Å². The van der Waals surface area contributed by atoms with E-state index in [0.29, 0.717) is 10.4 Å². The Kier molecular flexibility index (Phi) is 5.35. The van der Waals surface area contributed by atoms with Gasteiger partial charge in [0.15, 0.2) is 0 Å². The summed E-state index contributed by atoms with van der Waals surface area (Å²) in [5.74, 6) is -0.0113. The van der Waals surface area contributed by atoms with E-state index in [1.807, 2.05) is 19.0 Å². The molecule has 1 saturated carbocycles. The van der Waals surface area contributed by atoms with Crippen molar-refractivity contribution in [2.45, 2.75) is 44.2 Å². The summed E-state index contributed by atoms with van der Waals surface area (Å²) in [6.45, 7) is 2.19. The van der Waals surface area contributed by atoms with Gasteiger partial charge in [-0.2, -0.15) is 0 Å². The number of aliphatic hydroxyl groups is 1. The lowest BCUT2D eigenvalue weighted by Crippen LogP contribution is -2.52. The van der Waals surface area contributed by atoms with Crippen LogP contribution >= 0.6 is 27.5 Å². The summed E-state index contributed by atoms with van der Waals surface area (Å²) in [5, 5.41) is 11.0. The molecule has 1 aromatic rings. The lowest BCUT2D eigenvalue weighted by molar-refractivity contribution is -0.0466. The first-order valence-electron chi connectivity index (χ1n) is 7.28. The molecule has 1 N–H and O–H groups in total. The number of hydrogen-bond acceptors (Lipinski definition) is 2. The predicted molar refractivity (Wildman–Crippen MR) is 88.1 cm³/mol.